The molecule has 0 aliphatic rings. The van der Waals surface area contributed by atoms with E-state index in [0.29, 0.717) is 22.8 Å². The Hall–Kier alpha value is -1.92. The summed E-state index contributed by atoms with van der Waals surface area (Å²) in [5.74, 6) is 0. The molecule has 2 aromatic rings. The van der Waals surface area contributed by atoms with Gasteiger partial charge >= 0.3 is 0 Å². The molecule has 1 aromatic carbocycles. The maximum absolute atomic E-state index is 8.91. The summed E-state index contributed by atoms with van der Waals surface area (Å²) < 4.78 is 1.82. The highest BCUT2D eigenvalue weighted by Crippen LogP contribution is 2.21. The molecule has 0 spiro atoms. The van der Waals surface area contributed by atoms with Crippen molar-refractivity contribution in [1.82, 2.24) is 4.57 Å². The van der Waals surface area contributed by atoms with Gasteiger partial charge in [-0.2, -0.15) is 5.26 Å². The zero-order valence-electron chi connectivity index (χ0n) is 9.44. The Balaban J connectivity index is 2.33. The van der Waals surface area contributed by atoms with Gasteiger partial charge in [-0.25, -0.2) is 0 Å². The van der Waals surface area contributed by atoms with Gasteiger partial charge in [-0.3, -0.25) is 0 Å². The van der Waals surface area contributed by atoms with Crippen LogP contribution in [0, 0.1) is 11.3 Å². The molecule has 0 atom stereocenters. The highest BCUT2D eigenvalue weighted by atomic mass is 35.5. The number of nitrogen functional groups attached to an aromatic ring is 1. The molecular weight excluding hydrogens is 234 g/mol. The molecule has 0 radical (unpaired) electrons. The second kappa shape index (κ2) is 4.52. The van der Waals surface area contributed by atoms with Crippen LogP contribution in [0.3, 0.4) is 0 Å². The maximum Gasteiger partial charge on any atom is 0.122 e. The van der Waals surface area contributed by atoms with Crippen LogP contribution < -0.4 is 5.73 Å². The van der Waals surface area contributed by atoms with Crippen molar-refractivity contribution in [3.8, 4) is 6.07 Å². The van der Waals surface area contributed by atoms with E-state index in [2.05, 4.69) is 6.07 Å². The van der Waals surface area contributed by atoms with E-state index in [4.69, 9.17) is 22.6 Å². The molecule has 1 aromatic heterocycles. The van der Waals surface area contributed by atoms with Crippen LogP contribution in [0.5, 0.6) is 0 Å². The van der Waals surface area contributed by atoms with Gasteiger partial charge in [0, 0.05) is 24.2 Å². The van der Waals surface area contributed by atoms with Crippen LogP contribution >= 0.6 is 11.6 Å². The fourth-order valence-corrected chi connectivity index (χ4v) is 1.92. The summed E-state index contributed by atoms with van der Waals surface area (Å²) in [6.45, 7) is 0. The minimum Gasteiger partial charge on any atom is -0.397 e. The monoisotopic (exact) mass is 245 g/mol. The van der Waals surface area contributed by atoms with Gasteiger partial charge in [0.2, 0.25) is 0 Å². The first-order valence-corrected chi connectivity index (χ1v) is 5.58. The smallest absolute Gasteiger partial charge is 0.122 e. The van der Waals surface area contributed by atoms with Gasteiger partial charge in [0.15, 0.2) is 0 Å². The summed E-state index contributed by atoms with van der Waals surface area (Å²) >= 11 is 5.83. The van der Waals surface area contributed by atoms with Gasteiger partial charge in [0.25, 0.3) is 0 Å². The van der Waals surface area contributed by atoms with Crippen molar-refractivity contribution in [2.24, 2.45) is 7.05 Å². The number of nitrogens with two attached hydrogens (primary N) is 1. The van der Waals surface area contributed by atoms with Gasteiger partial charge < -0.3 is 10.3 Å². The molecule has 17 heavy (non-hydrogen) atoms. The van der Waals surface area contributed by atoms with E-state index in [1.165, 1.54) is 0 Å². The fourth-order valence-electron chi connectivity index (χ4n) is 1.79. The lowest BCUT2D eigenvalue weighted by molar-refractivity contribution is 0.839. The van der Waals surface area contributed by atoms with Gasteiger partial charge in [0.1, 0.15) is 11.8 Å². The third kappa shape index (κ3) is 2.27. The van der Waals surface area contributed by atoms with Crippen molar-refractivity contribution in [1.29, 1.82) is 5.26 Å². The van der Waals surface area contributed by atoms with Crippen LogP contribution in [-0.2, 0) is 13.5 Å². The standard InChI is InChI=1S/C13H12ClN3/c1-17-11(8-15)7-12(16)13(17)6-9-2-4-10(14)5-3-9/h2-5,7H,6,16H2,1H3. The maximum atomic E-state index is 8.91. The average Bonchev–Trinajstić information content (AvgIpc) is 2.59. The SMILES string of the molecule is Cn1c(C#N)cc(N)c1Cc1ccc(Cl)cc1. The van der Waals surface area contributed by atoms with Crippen LogP contribution in [0.4, 0.5) is 5.69 Å². The number of rotatable bonds is 2. The molecule has 0 saturated heterocycles. The number of nitriles is 1. The van der Waals surface area contributed by atoms with Gasteiger partial charge in [-0.05, 0) is 23.8 Å². The summed E-state index contributed by atoms with van der Waals surface area (Å²) in [6, 6.07) is 11.4. The van der Waals surface area contributed by atoms with E-state index in [0.717, 1.165) is 11.3 Å². The number of anilines is 1. The predicted octanol–water partition coefficient (Wildman–Crippen LogP) is 2.72. The molecule has 2 N–H and O–H groups in total. The first-order valence-electron chi connectivity index (χ1n) is 5.20. The molecule has 0 amide bonds. The quantitative estimate of drug-likeness (QED) is 0.885. The van der Waals surface area contributed by atoms with E-state index in [9.17, 15) is 0 Å². The number of nitrogens with zero attached hydrogens (tertiary/aromatic N) is 2. The Morgan fingerprint density at radius 1 is 1.35 bits per heavy atom. The highest BCUT2D eigenvalue weighted by Gasteiger charge is 2.10. The third-order valence-corrected chi connectivity index (χ3v) is 3.04. The molecule has 0 unspecified atom stereocenters. The molecule has 86 valence electrons. The second-order valence-electron chi connectivity index (χ2n) is 3.91. The highest BCUT2D eigenvalue weighted by molar-refractivity contribution is 6.30. The van der Waals surface area contributed by atoms with Crippen molar-refractivity contribution in [3.05, 3.63) is 52.3 Å². The first-order chi connectivity index (χ1) is 8.11. The van der Waals surface area contributed by atoms with Crippen molar-refractivity contribution in [3.63, 3.8) is 0 Å². The molecule has 0 fully saturated rings. The Morgan fingerprint density at radius 2 is 2.00 bits per heavy atom. The Kier molecular flexibility index (Phi) is 3.08. The van der Waals surface area contributed by atoms with E-state index in [1.807, 2.05) is 35.9 Å². The molecule has 2 rings (SSSR count). The first kappa shape index (κ1) is 11.6. The van der Waals surface area contributed by atoms with E-state index < -0.39 is 0 Å². The lowest BCUT2D eigenvalue weighted by atomic mass is 10.1. The number of aromatic nitrogens is 1. The third-order valence-electron chi connectivity index (χ3n) is 2.79. The van der Waals surface area contributed by atoms with Crippen molar-refractivity contribution in [2.45, 2.75) is 6.42 Å². The number of benzene rings is 1. The summed E-state index contributed by atoms with van der Waals surface area (Å²) in [5.41, 5.74) is 9.19. The van der Waals surface area contributed by atoms with Crippen LogP contribution in [0.2, 0.25) is 5.02 Å². The van der Waals surface area contributed by atoms with Gasteiger partial charge in [-0.15, -0.1) is 0 Å². The van der Waals surface area contributed by atoms with Gasteiger partial charge in [0.05, 0.1) is 5.69 Å². The molecule has 0 saturated carbocycles. The fraction of sp³-hybridized carbons (Fsp3) is 0.154. The molecular formula is C13H12ClN3. The molecule has 0 aliphatic heterocycles. The number of hydrogen-bond acceptors (Lipinski definition) is 2. The topological polar surface area (TPSA) is 54.7 Å². The summed E-state index contributed by atoms with van der Waals surface area (Å²) in [6.07, 6.45) is 0.696. The molecule has 0 aliphatic carbocycles. The van der Waals surface area contributed by atoms with Crippen LogP contribution in [0.1, 0.15) is 17.0 Å². The lowest BCUT2D eigenvalue weighted by Gasteiger charge is -2.06. The predicted molar refractivity (Wildman–Crippen MR) is 68.8 cm³/mol. The van der Waals surface area contributed by atoms with Crippen LogP contribution in [-0.4, -0.2) is 4.57 Å². The Morgan fingerprint density at radius 3 is 2.53 bits per heavy atom. The summed E-state index contributed by atoms with van der Waals surface area (Å²) in [5, 5.41) is 9.63. The Bertz CT molecular complexity index is 576. The summed E-state index contributed by atoms with van der Waals surface area (Å²) in [7, 11) is 1.85. The molecule has 4 heteroatoms. The average molecular weight is 246 g/mol. The van der Waals surface area contributed by atoms with Crippen molar-refractivity contribution >= 4 is 17.3 Å². The minimum absolute atomic E-state index is 0.575. The van der Waals surface area contributed by atoms with E-state index in [-0.39, 0.29) is 0 Å². The molecule has 0 bridgehead atoms. The minimum atomic E-state index is 0.575. The lowest BCUT2D eigenvalue weighted by Crippen LogP contribution is -2.02. The zero-order chi connectivity index (χ0) is 12.4. The van der Waals surface area contributed by atoms with E-state index >= 15 is 0 Å². The number of hydrogen-bond donors (Lipinski definition) is 1. The second-order valence-corrected chi connectivity index (χ2v) is 4.34. The van der Waals surface area contributed by atoms with Crippen LogP contribution in [0.15, 0.2) is 30.3 Å². The van der Waals surface area contributed by atoms with Crippen LogP contribution in [0.25, 0.3) is 0 Å². The van der Waals surface area contributed by atoms with Crippen molar-refractivity contribution < 1.29 is 0 Å². The molecule has 3 nitrogen and oxygen atoms in total. The summed E-state index contributed by atoms with van der Waals surface area (Å²) in [4.78, 5) is 0. The van der Waals surface area contributed by atoms with E-state index in [1.54, 1.807) is 6.07 Å². The van der Waals surface area contributed by atoms with Gasteiger partial charge in [-0.1, -0.05) is 23.7 Å². The Labute approximate surface area is 105 Å². The normalized spacial score (nSPS) is 10.2. The van der Waals surface area contributed by atoms with Crippen molar-refractivity contribution in [2.75, 3.05) is 5.73 Å². The largest absolute Gasteiger partial charge is 0.397 e. The zero-order valence-corrected chi connectivity index (χ0v) is 10.2. The number of halogens is 1. The molecule has 1 heterocycles.